The molecule has 6 nitrogen and oxygen atoms in total. The predicted molar refractivity (Wildman–Crippen MR) is 74.4 cm³/mol. The monoisotopic (exact) mass is 306 g/mol. The van der Waals surface area contributed by atoms with Crippen LogP contribution in [0.3, 0.4) is 0 Å². The van der Waals surface area contributed by atoms with E-state index in [9.17, 15) is 13.2 Å². The van der Waals surface area contributed by atoms with Crippen LogP contribution in [-0.2, 0) is 9.84 Å². The van der Waals surface area contributed by atoms with Crippen molar-refractivity contribution in [1.82, 2.24) is 10.1 Å². The van der Waals surface area contributed by atoms with Crippen LogP contribution in [0.15, 0.2) is 52.0 Å². The molecular weight excluding hydrogens is 292 g/mol. The molecule has 0 spiro atoms. The van der Waals surface area contributed by atoms with Crippen molar-refractivity contribution in [2.45, 2.75) is 16.6 Å². The van der Waals surface area contributed by atoms with Crippen LogP contribution in [0.5, 0.6) is 0 Å². The van der Waals surface area contributed by atoms with E-state index in [-0.39, 0.29) is 18.2 Å². The van der Waals surface area contributed by atoms with Gasteiger partial charge in [0.15, 0.2) is 9.84 Å². The van der Waals surface area contributed by atoms with E-state index >= 15 is 0 Å². The molecule has 0 saturated carbocycles. The van der Waals surface area contributed by atoms with Crippen LogP contribution in [0.25, 0.3) is 0 Å². The van der Waals surface area contributed by atoms with Crippen LogP contribution < -0.4 is 0 Å². The van der Waals surface area contributed by atoms with Crippen LogP contribution in [-0.4, -0.2) is 42.7 Å². The van der Waals surface area contributed by atoms with Crippen molar-refractivity contribution in [3.8, 4) is 0 Å². The van der Waals surface area contributed by atoms with Gasteiger partial charge in [0.25, 0.3) is 5.91 Å². The zero-order valence-corrected chi connectivity index (χ0v) is 12.0. The lowest BCUT2D eigenvalue weighted by molar-refractivity contribution is 0.0751. The molecule has 0 radical (unpaired) electrons. The molecule has 1 saturated heterocycles. The van der Waals surface area contributed by atoms with E-state index in [0.717, 1.165) is 0 Å². The van der Waals surface area contributed by atoms with Gasteiger partial charge in [0, 0.05) is 19.2 Å². The van der Waals surface area contributed by atoms with E-state index in [0.29, 0.717) is 17.9 Å². The molecule has 3 rings (SSSR count). The minimum absolute atomic E-state index is 0.132. The van der Waals surface area contributed by atoms with Gasteiger partial charge in [0.2, 0.25) is 5.76 Å². The number of carbonyl (C=O) groups is 1. The summed E-state index contributed by atoms with van der Waals surface area (Å²) in [6, 6.07) is 9.79. The number of hydrogen-bond donors (Lipinski definition) is 0. The number of rotatable bonds is 3. The molecule has 1 aromatic carbocycles. The molecule has 1 amide bonds. The normalized spacial score (nSPS) is 18.9. The van der Waals surface area contributed by atoms with E-state index in [1.807, 2.05) is 0 Å². The fraction of sp³-hybridized carbons (Fsp3) is 0.286. The summed E-state index contributed by atoms with van der Waals surface area (Å²) in [6.07, 6.45) is 1.82. The smallest absolute Gasteiger partial charge is 0.292 e. The van der Waals surface area contributed by atoms with Crippen molar-refractivity contribution in [2.75, 3.05) is 13.1 Å². The van der Waals surface area contributed by atoms with Gasteiger partial charge in [-0.1, -0.05) is 23.4 Å². The van der Waals surface area contributed by atoms with Gasteiger partial charge in [-0.25, -0.2) is 8.42 Å². The molecule has 0 unspecified atom stereocenters. The van der Waals surface area contributed by atoms with Crippen molar-refractivity contribution in [3.05, 3.63) is 48.4 Å². The maximum atomic E-state index is 12.5. The minimum Gasteiger partial charge on any atom is -0.351 e. The van der Waals surface area contributed by atoms with Gasteiger partial charge in [0.1, 0.15) is 0 Å². The largest absolute Gasteiger partial charge is 0.351 e. The maximum Gasteiger partial charge on any atom is 0.292 e. The molecule has 1 aliphatic rings. The Hall–Kier alpha value is -2.15. The molecular formula is C14H14N2O4S. The highest BCUT2D eigenvalue weighted by Gasteiger charge is 2.37. The summed E-state index contributed by atoms with van der Waals surface area (Å²) in [7, 11) is -3.41. The zero-order chi connectivity index (χ0) is 14.9. The standard InChI is InChI=1S/C14H14N2O4S/c17-14(13-6-8-15-20-13)16-9-7-12(10-16)21(18,19)11-4-2-1-3-5-11/h1-6,8,12H,7,9-10H2/t12-/m1/s1. The summed E-state index contributed by atoms with van der Waals surface area (Å²) in [6.45, 7) is 0.576. The third-order valence-electron chi connectivity index (χ3n) is 3.59. The number of likely N-dealkylation sites (tertiary alicyclic amines) is 1. The summed E-state index contributed by atoms with van der Waals surface area (Å²) in [5.41, 5.74) is 0. The Kier molecular flexibility index (Phi) is 3.50. The van der Waals surface area contributed by atoms with Crippen LogP contribution in [0.2, 0.25) is 0 Å². The number of sulfone groups is 1. The summed E-state index contributed by atoms with van der Waals surface area (Å²) in [5, 5.41) is 2.91. The minimum atomic E-state index is -3.41. The zero-order valence-electron chi connectivity index (χ0n) is 11.2. The van der Waals surface area contributed by atoms with Crippen LogP contribution in [0.4, 0.5) is 0 Å². The summed E-state index contributed by atoms with van der Waals surface area (Å²) in [4.78, 5) is 13.9. The molecule has 2 aromatic rings. The molecule has 0 bridgehead atoms. The molecule has 0 N–H and O–H groups in total. The van der Waals surface area contributed by atoms with E-state index in [4.69, 9.17) is 4.52 Å². The molecule has 7 heteroatoms. The second-order valence-electron chi connectivity index (χ2n) is 4.90. The van der Waals surface area contributed by atoms with Gasteiger partial charge in [-0.15, -0.1) is 0 Å². The van der Waals surface area contributed by atoms with Crippen molar-refractivity contribution in [3.63, 3.8) is 0 Å². The first-order chi connectivity index (χ1) is 10.1. The number of hydrogen-bond acceptors (Lipinski definition) is 5. The van der Waals surface area contributed by atoms with Gasteiger partial charge in [-0.3, -0.25) is 4.79 Å². The van der Waals surface area contributed by atoms with E-state index < -0.39 is 15.1 Å². The van der Waals surface area contributed by atoms with E-state index in [2.05, 4.69) is 5.16 Å². The van der Waals surface area contributed by atoms with Crippen molar-refractivity contribution < 1.29 is 17.7 Å². The van der Waals surface area contributed by atoms with Gasteiger partial charge in [0.05, 0.1) is 16.3 Å². The fourth-order valence-corrected chi connectivity index (χ4v) is 4.16. The Morgan fingerprint density at radius 3 is 2.67 bits per heavy atom. The SMILES string of the molecule is O=C(c1ccno1)N1CC[C@@H](S(=O)(=O)c2ccccc2)C1. The molecule has 1 aromatic heterocycles. The number of benzene rings is 1. The Balaban J connectivity index is 1.77. The summed E-state index contributed by atoms with van der Waals surface area (Å²) in [5.74, 6) is -0.189. The summed E-state index contributed by atoms with van der Waals surface area (Å²) >= 11 is 0. The predicted octanol–water partition coefficient (Wildman–Crippen LogP) is 1.36. The third kappa shape index (κ3) is 2.56. The van der Waals surface area contributed by atoms with Crippen LogP contribution >= 0.6 is 0 Å². The molecule has 110 valence electrons. The quantitative estimate of drug-likeness (QED) is 0.855. The van der Waals surface area contributed by atoms with Gasteiger partial charge in [-0.05, 0) is 18.6 Å². The topological polar surface area (TPSA) is 80.5 Å². The lowest BCUT2D eigenvalue weighted by Crippen LogP contribution is -2.31. The Morgan fingerprint density at radius 2 is 2.00 bits per heavy atom. The lowest BCUT2D eigenvalue weighted by atomic mass is 10.4. The van der Waals surface area contributed by atoms with Gasteiger partial charge in [-0.2, -0.15) is 0 Å². The molecule has 2 heterocycles. The molecule has 1 aliphatic heterocycles. The average Bonchev–Trinajstić information content (AvgIpc) is 3.19. The second kappa shape index (κ2) is 5.33. The summed E-state index contributed by atoms with van der Waals surface area (Å²) < 4.78 is 29.9. The van der Waals surface area contributed by atoms with E-state index in [1.54, 1.807) is 30.3 Å². The number of carbonyl (C=O) groups excluding carboxylic acids is 1. The van der Waals surface area contributed by atoms with Crippen molar-refractivity contribution in [1.29, 1.82) is 0 Å². The third-order valence-corrected chi connectivity index (χ3v) is 5.78. The molecule has 1 atom stereocenters. The Labute approximate surface area is 122 Å². The first-order valence-electron chi connectivity index (χ1n) is 6.58. The van der Waals surface area contributed by atoms with Crippen LogP contribution in [0.1, 0.15) is 17.0 Å². The highest BCUT2D eigenvalue weighted by molar-refractivity contribution is 7.92. The molecule has 0 aliphatic carbocycles. The van der Waals surface area contributed by atoms with E-state index in [1.165, 1.54) is 17.2 Å². The van der Waals surface area contributed by atoms with Crippen molar-refractivity contribution in [2.24, 2.45) is 0 Å². The number of nitrogens with zero attached hydrogens (tertiary/aromatic N) is 2. The Bertz CT molecular complexity index is 726. The molecule has 21 heavy (non-hydrogen) atoms. The van der Waals surface area contributed by atoms with Gasteiger partial charge < -0.3 is 9.42 Å². The highest BCUT2D eigenvalue weighted by Crippen LogP contribution is 2.24. The fourth-order valence-electron chi connectivity index (χ4n) is 2.45. The first-order valence-corrected chi connectivity index (χ1v) is 8.12. The number of amides is 1. The van der Waals surface area contributed by atoms with Gasteiger partial charge >= 0.3 is 0 Å². The first kappa shape index (κ1) is 13.8. The molecule has 1 fully saturated rings. The number of aromatic nitrogens is 1. The van der Waals surface area contributed by atoms with Crippen molar-refractivity contribution >= 4 is 15.7 Å². The maximum absolute atomic E-state index is 12.5. The van der Waals surface area contributed by atoms with Crippen LogP contribution in [0, 0.1) is 0 Å². The average molecular weight is 306 g/mol. The lowest BCUT2D eigenvalue weighted by Gasteiger charge is -2.15. The second-order valence-corrected chi connectivity index (χ2v) is 7.12. The highest BCUT2D eigenvalue weighted by atomic mass is 32.2. The Morgan fingerprint density at radius 1 is 1.24 bits per heavy atom.